The summed E-state index contributed by atoms with van der Waals surface area (Å²) in [5.41, 5.74) is 0. The summed E-state index contributed by atoms with van der Waals surface area (Å²) in [6, 6.07) is 0. The molecule has 0 fully saturated rings. The smallest absolute Gasteiger partial charge is 0.306 e. The van der Waals surface area contributed by atoms with Crippen LogP contribution < -0.4 is 0 Å². The van der Waals surface area contributed by atoms with E-state index >= 15 is 0 Å². The van der Waals surface area contributed by atoms with E-state index in [1.807, 2.05) is 0 Å². The van der Waals surface area contributed by atoms with E-state index in [4.69, 9.17) is 14.2 Å². The van der Waals surface area contributed by atoms with E-state index in [9.17, 15) is 14.4 Å². The zero-order chi connectivity index (χ0) is 59.2. The van der Waals surface area contributed by atoms with E-state index in [0.717, 1.165) is 70.6 Å². The normalized spacial score (nSPS) is 12.2. The fraction of sp³-hybridized carbons (Fsp3) is 0.882. The summed E-state index contributed by atoms with van der Waals surface area (Å²) in [5, 5.41) is 0. The molecule has 0 aliphatic carbocycles. The molecule has 82 heavy (non-hydrogen) atoms. The predicted octanol–water partition coefficient (Wildman–Crippen LogP) is 25.5. The second kappa shape index (κ2) is 71.1. The van der Waals surface area contributed by atoms with Crippen LogP contribution in [0.5, 0.6) is 0 Å². The molecular formula is C76H142O6. The minimum absolute atomic E-state index is 0.0699. The van der Waals surface area contributed by atoms with E-state index in [1.54, 1.807) is 0 Å². The summed E-state index contributed by atoms with van der Waals surface area (Å²) >= 11 is 0. The average Bonchev–Trinajstić information content (AvgIpc) is 3.48. The molecule has 1 unspecified atom stereocenters. The van der Waals surface area contributed by atoms with Crippen molar-refractivity contribution in [3.8, 4) is 0 Å². The van der Waals surface area contributed by atoms with Crippen LogP contribution in [0.3, 0.4) is 0 Å². The lowest BCUT2D eigenvalue weighted by atomic mass is 10.0. The zero-order valence-corrected chi connectivity index (χ0v) is 55.5. The van der Waals surface area contributed by atoms with Gasteiger partial charge in [0.2, 0.25) is 0 Å². The lowest BCUT2D eigenvalue weighted by Crippen LogP contribution is -2.30. The van der Waals surface area contributed by atoms with Crippen molar-refractivity contribution in [1.29, 1.82) is 0 Å². The highest BCUT2D eigenvalue weighted by Gasteiger charge is 2.19. The quantitative estimate of drug-likeness (QED) is 0.0261. The molecule has 0 spiro atoms. The molecule has 6 nitrogen and oxygen atoms in total. The van der Waals surface area contributed by atoms with Crippen molar-refractivity contribution in [3.05, 3.63) is 36.5 Å². The number of ether oxygens (including phenoxy) is 3. The minimum Gasteiger partial charge on any atom is -0.462 e. The summed E-state index contributed by atoms with van der Waals surface area (Å²) in [7, 11) is 0. The zero-order valence-electron chi connectivity index (χ0n) is 55.5. The van der Waals surface area contributed by atoms with Gasteiger partial charge in [-0.15, -0.1) is 0 Å². The van der Waals surface area contributed by atoms with Crippen LogP contribution in [-0.2, 0) is 28.6 Å². The van der Waals surface area contributed by atoms with Gasteiger partial charge in [0.1, 0.15) is 13.2 Å². The van der Waals surface area contributed by atoms with Crippen LogP contribution in [0.4, 0.5) is 0 Å². The molecule has 0 aromatic carbocycles. The van der Waals surface area contributed by atoms with Gasteiger partial charge in [0.15, 0.2) is 6.10 Å². The van der Waals surface area contributed by atoms with Crippen molar-refractivity contribution in [3.63, 3.8) is 0 Å². The Morgan fingerprint density at radius 1 is 0.244 bits per heavy atom. The fourth-order valence-electron chi connectivity index (χ4n) is 11.3. The molecule has 0 heterocycles. The maximum absolute atomic E-state index is 13.0. The Morgan fingerprint density at radius 3 is 0.720 bits per heavy atom. The van der Waals surface area contributed by atoms with Gasteiger partial charge in [0.25, 0.3) is 0 Å². The Hall–Kier alpha value is -2.37. The standard InChI is InChI=1S/C76H142O6/c1-4-7-10-13-16-19-22-24-26-28-30-32-34-36-37-38-40-41-43-45-47-49-51-54-57-60-63-66-69-75(78)81-72-73(71-80-74(77)68-65-62-59-56-53-21-18-15-12-9-6-3)82-76(79)70-67-64-61-58-55-52-50-48-46-44-42-39-35-33-31-29-27-25-23-20-17-14-11-8-5-2/h15,18,23,25,29,31,73H,4-14,16-17,19-22,24,26-28,30,32-72H2,1-3H3/b18-15-,25-23-,31-29-. The summed E-state index contributed by atoms with van der Waals surface area (Å²) in [6.45, 7) is 6.66. The van der Waals surface area contributed by atoms with Crippen LogP contribution in [0.2, 0.25) is 0 Å². The predicted molar refractivity (Wildman–Crippen MR) is 358 cm³/mol. The molecule has 1 atom stereocenters. The van der Waals surface area contributed by atoms with E-state index in [0.29, 0.717) is 19.3 Å². The van der Waals surface area contributed by atoms with Gasteiger partial charge in [-0.3, -0.25) is 14.4 Å². The lowest BCUT2D eigenvalue weighted by molar-refractivity contribution is -0.167. The molecule has 0 saturated carbocycles. The Bertz CT molecular complexity index is 1370. The van der Waals surface area contributed by atoms with Crippen LogP contribution in [-0.4, -0.2) is 37.2 Å². The van der Waals surface area contributed by atoms with Crippen molar-refractivity contribution >= 4 is 17.9 Å². The summed E-state index contributed by atoms with van der Waals surface area (Å²) in [6.07, 6.45) is 89.1. The van der Waals surface area contributed by atoms with Gasteiger partial charge in [0, 0.05) is 19.3 Å². The second-order valence-corrected chi connectivity index (χ2v) is 25.2. The maximum atomic E-state index is 13.0. The van der Waals surface area contributed by atoms with Crippen molar-refractivity contribution in [2.45, 2.75) is 419 Å². The lowest BCUT2D eigenvalue weighted by Gasteiger charge is -2.18. The molecule has 0 saturated heterocycles. The van der Waals surface area contributed by atoms with Crippen molar-refractivity contribution in [1.82, 2.24) is 0 Å². The summed E-state index contributed by atoms with van der Waals surface area (Å²) in [5.74, 6) is -0.852. The number of hydrogen-bond acceptors (Lipinski definition) is 6. The number of allylic oxidation sites excluding steroid dienone is 6. The highest BCUT2D eigenvalue weighted by Crippen LogP contribution is 2.19. The number of carbonyl (C=O) groups is 3. The largest absolute Gasteiger partial charge is 0.462 e. The Balaban J connectivity index is 4.14. The molecule has 482 valence electrons. The minimum atomic E-state index is -0.774. The Morgan fingerprint density at radius 2 is 0.451 bits per heavy atom. The van der Waals surface area contributed by atoms with Crippen LogP contribution >= 0.6 is 0 Å². The molecule has 0 amide bonds. The molecule has 0 aliphatic rings. The van der Waals surface area contributed by atoms with Gasteiger partial charge < -0.3 is 14.2 Å². The van der Waals surface area contributed by atoms with Crippen LogP contribution in [0.1, 0.15) is 412 Å². The number of rotatable bonds is 69. The molecule has 0 bridgehead atoms. The summed E-state index contributed by atoms with van der Waals surface area (Å²) < 4.78 is 17.0. The topological polar surface area (TPSA) is 78.9 Å². The third-order valence-corrected chi connectivity index (χ3v) is 16.9. The SMILES string of the molecule is CCCC/C=C\CCCCCCCC(=O)OCC(COC(=O)CCCCCCCCCCCCCCCCCCCCCCCCCCCCCC)OC(=O)CCCCCCCCCCCCCCC/C=C\C/C=C\CCCCCCC. The van der Waals surface area contributed by atoms with Gasteiger partial charge in [-0.2, -0.15) is 0 Å². The number of hydrogen-bond donors (Lipinski definition) is 0. The van der Waals surface area contributed by atoms with Gasteiger partial charge >= 0.3 is 17.9 Å². The highest BCUT2D eigenvalue weighted by atomic mass is 16.6. The van der Waals surface area contributed by atoms with Gasteiger partial charge in [0.05, 0.1) is 0 Å². The third kappa shape index (κ3) is 68.4. The molecule has 0 radical (unpaired) electrons. The monoisotopic (exact) mass is 1150 g/mol. The van der Waals surface area contributed by atoms with Crippen LogP contribution in [0.25, 0.3) is 0 Å². The highest BCUT2D eigenvalue weighted by molar-refractivity contribution is 5.71. The van der Waals surface area contributed by atoms with Crippen molar-refractivity contribution < 1.29 is 28.6 Å². The second-order valence-electron chi connectivity index (χ2n) is 25.2. The van der Waals surface area contributed by atoms with Crippen molar-refractivity contribution in [2.75, 3.05) is 13.2 Å². The van der Waals surface area contributed by atoms with Crippen LogP contribution in [0.15, 0.2) is 36.5 Å². The molecule has 0 aromatic rings. The molecule has 0 aliphatic heterocycles. The third-order valence-electron chi connectivity index (χ3n) is 16.9. The van der Waals surface area contributed by atoms with Gasteiger partial charge in [-0.05, 0) is 70.6 Å². The molecule has 0 rings (SSSR count). The molecule has 0 aromatic heterocycles. The molecule has 6 heteroatoms. The fourth-order valence-corrected chi connectivity index (χ4v) is 11.3. The summed E-state index contributed by atoms with van der Waals surface area (Å²) in [4.78, 5) is 38.4. The average molecular weight is 1150 g/mol. The maximum Gasteiger partial charge on any atom is 0.306 e. The van der Waals surface area contributed by atoms with Gasteiger partial charge in [-0.25, -0.2) is 0 Å². The first-order valence-corrected chi connectivity index (χ1v) is 37.0. The van der Waals surface area contributed by atoms with E-state index in [1.165, 1.54) is 302 Å². The van der Waals surface area contributed by atoms with E-state index < -0.39 is 6.10 Å². The molecular weight excluding hydrogens is 1010 g/mol. The van der Waals surface area contributed by atoms with E-state index in [-0.39, 0.29) is 31.1 Å². The first kappa shape index (κ1) is 79.6. The first-order valence-electron chi connectivity index (χ1n) is 37.0. The first-order chi connectivity index (χ1) is 40.5. The Labute approximate surface area is 512 Å². The number of esters is 3. The number of carbonyl (C=O) groups excluding carboxylic acids is 3. The van der Waals surface area contributed by atoms with Gasteiger partial charge in [-0.1, -0.05) is 359 Å². The number of unbranched alkanes of at least 4 members (excludes halogenated alkanes) is 52. The van der Waals surface area contributed by atoms with E-state index in [2.05, 4.69) is 57.2 Å². The van der Waals surface area contributed by atoms with Crippen molar-refractivity contribution in [2.24, 2.45) is 0 Å². The van der Waals surface area contributed by atoms with Crippen LogP contribution in [0, 0.1) is 0 Å². The molecule has 0 N–H and O–H groups in total. The Kier molecular flexibility index (Phi) is 69.1.